The van der Waals surface area contributed by atoms with Gasteiger partial charge in [0, 0.05) is 31.3 Å². The van der Waals surface area contributed by atoms with Crippen LogP contribution in [0.25, 0.3) is 5.76 Å². The number of aliphatic hydroxyl groups excluding tert-OH is 1. The number of aromatic nitrogens is 1. The van der Waals surface area contributed by atoms with Crippen LogP contribution in [0.15, 0.2) is 48.2 Å². The van der Waals surface area contributed by atoms with Gasteiger partial charge in [0.15, 0.2) is 0 Å². The third-order valence-electron chi connectivity index (χ3n) is 5.26. The lowest BCUT2D eigenvalue weighted by Crippen LogP contribution is -2.35. The summed E-state index contributed by atoms with van der Waals surface area (Å²) in [5.41, 5.74) is 2.11. The Morgan fingerprint density at radius 3 is 2.83 bits per heavy atom. The number of pyridine rings is 1. The van der Waals surface area contributed by atoms with Crippen molar-refractivity contribution in [2.45, 2.75) is 12.5 Å². The topological polar surface area (TPSA) is 83.0 Å². The number of Topliss-reactive ketones (excluding diaryl/α,β-unsaturated/α-hetero) is 1. The van der Waals surface area contributed by atoms with Crippen LogP contribution in [0.5, 0.6) is 5.75 Å². The number of ketones is 1. The largest absolute Gasteiger partial charge is 0.507 e. The average Bonchev–Trinajstić information content (AvgIpc) is 3.29. The maximum absolute atomic E-state index is 12.9. The van der Waals surface area contributed by atoms with Gasteiger partial charge in [0.2, 0.25) is 0 Å². The monoisotopic (exact) mass is 393 g/mol. The molecule has 4 rings (SSSR count). The van der Waals surface area contributed by atoms with Crippen molar-refractivity contribution in [3.63, 3.8) is 0 Å². The van der Waals surface area contributed by atoms with Crippen LogP contribution in [-0.2, 0) is 16.0 Å². The van der Waals surface area contributed by atoms with Crippen molar-refractivity contribution in [1.29, 1.82) is 0 Å². The summed E-state index contributed by atoms with van der Waals surface area (Å²) >= 11 is 0. The summed E-state index contributed by atoms with van der Waals surface area (Å²) in [6.45, 7) is 1.54. The van der Waals surface area contributed by atoms with Crippen LogP contribution in [0.1, 0.15) is 22.9 Å². The van der Waals surface area contributed by atoms with E-state index >= 15 is 0 Å². The predicted octanol–water partition coefficient (Wildman–Crippen LogP) is 2.00. The molecule has 0 bridgehead atoms. The molecule has 1 aromatic carbocycles. The van der Waals surface area contributed by atoms with E-state index in [1.807, 2.05) is 25.1 Å². The zero-order valence-corrected chi connectivity index (χ0v) is 16.5. The van der Waals surface area contributed by atoms with Gasteiger partial charge in [-0.3, -0.25) is 14.6 Å². The molecule has 1 atom stereocenters. The number of likely N-dealkylation sites (tertiary alicyclic amines) is 1. The van der Waals surface area contributed by atoms with Crippen molar-refractivity contribution in [3.8, 4) is 5.75 Å². The zero-order valence-electron chi connectivity index (χ0n) is 16.5. The Hall–Kier alpha value is -3.19. The van der Waals surface area contributed by atoms with Crippen LogP contribution < -0.4 is 4.74 Å². The Balaban J connectivity index is 1.81. The number of likely N-dealkylation sites (N-methyl/N-ethyl adjacent to an activating group) is 1. The quantitative estimate of drug-likeness (QED) is 0.475. The molecule has 7 nitrogen and oxygen atoms in total. The average molecular weight is 393 g/mol. The van der Waals surface area contributed by atoms with Gasteiger partial charge in [0.1, 0.15) is 17.6 Å². The smallest absolute Gasteiger partial charge is 0.295 e. The maximum atomic E-state index is 12.9. The first kappa shape index (κ1) is 19.1. The van der Waals surface area contributed by atoms with E-state index in [0.29, 0.717) is 31.0 Å². The molecule has 1 aromatic heterocycles. The van der Waals surface area contributed by atoms with Gasteiger partial charge in [-0.25, -0.2) is 0 Å². The van der Waals surface area contributed by atoms with Crippen LogP contribution in [0.4, 0.5) is 0 Å². The second-order valence-corrected chi connectivity index (χ2v) is 7.47. The molecular formula is C22H23N3O4. The SMILES string of the molecule is CN(C)CCN1C(=O)C(=O)/C(=C(\O)c2ccc3c(c2)CCO3)C1c1ccccn1. The highest BCUT2D eigenvalue weighted by Crippen LogP contribution is 2.39. The van der Waals surface area contributed by atoms with E-state index in [1.165, 1.54) is 4.90 Å². The molecule has 0 saturated carbocycles. The molecule has 29 heavy (non-hydrogen) atoms. The zero-order chi connectivity index (χ0) is 20.5. The number of carbonyl (C=O) groups excluding carboxylic acids is 2. The second kappa shape index (κ2) is 7.67. The molecule has 1 amide bonds. The van der Waals surface area contributed by atoms with Crippen molar-refractivity contribution in [2.24, 2.45) is 0 Å². The number of benzene rings is 1. The van der Waals surface area contributed by atoms with Crippen LogP contribution in [0, 0.1) is 0 Å². The molecule has 150 valence electrons. The number of aliphatic hydroxyl groups is 1. The van der Waals surface area contributed by atoms with Gasteiger partial charge in [0.05, 0.1) is 17.9 Å². The summed E-state index contributed by atoms with van der Waals surface area (Å²) in [7, 11) is 3.80. The first-order chi connectivity index (χ1) is 14.0. The Kier molecular flexibility index (Phi) is 5.07. The van der Waals surface area contributed by atoms with Crippen molar-refractivity contribution in [2.75, 3.05) is 33.8 Å². The fourth-order valence-corrected chi connectivity index (χ4v) is 3.75. The van der Waals surface area contributed by atoms with E-state index in [2.05, 4.69) is 4.98 Å². The highest BCUT2D eigenvalue weighted by atomic mass is 16.5. The number of hydrogen-bond acceptors (Lipinski definition) is 6. The Bertz CT molecular complexity index is 985. The fraction of sp³-hybridized carbons (Fsp3) is 0.318. The van der Waals surface area contributed by atoms with Gasteiger partial charge in [-0.15, -0.1) is 0 Å². The van der Waals surface area contributed by atoms with E-state index in [0.717, 1.165) is 17.7 Å². The summed E-state index contributed by atoms with van der Waals surface area (Å²) in [6.07, 6.45) is 2.37. The molecule has 0 aliphatic carbocycles. The number of fused-ring (bicyclic) bond motifs is 1. The molecule has 3 heterocycles. The molecule has 7 heteroatoms. The Labute approximate surface area is 169 Å². The second-order valence-electron chi connectivity index (χ2n) is 7.47. The minimum Gasteiger partial charge on any atom is -0.507 e. The number of hydrogen-bond donors (Lipinski definition) is 1. The minimum absolute atomic E-state index is 0.0753. The van der Waals surface area contributed by atoms with Crippen LogP contribution in [0.3, 0.4) is 0 Å². The molecule has 1 saturated heterocycles. The first-order valence-corrected chi connectivity index (χ1v) is 9.57. The number of amides is 1. The molecule has 2 aliphatic heterocycles. The van der Waals surface area contributed by atoms with Crippen LogP contribution in [0.2, 0.25) is 0 Å². The summed E-state index contributed by atoms with van der Waals surface area (Å²) in [4.78, 5) is 33.5. The van der Waals surface area contributed by atoms with Gasteiger partial charge in [0.25, 0.3) is 11.7 Å². The third-order valence-corrected chi connectivity index (χ3v) is 5.26. The normalized spacial score (nSPS) is 20.2. The Morgan fingerprint density at radius 1 is 1.28 bits per heavy atom. The van der Waals surface area contributed by atoms with Gasteiger partial charge < -0.3 is 19.6 Å². The molecular weight excluding hydrogens is 370 g/mol. The van der Waals surface area contributed by atoms with Gasteiger partial charge in [-0.05, 0) is 50.0 Å². The van der Waals surface area contributed by atoms with Crippen LogP contribution >= 0.6 is 0 Å². The van der Waals surface area contributed by atoms with Gasteiger partial charge in [-0.2, -0.15) is 0 Å². The molecule has 2 aliphatic rings. The number of carbonyl (C=O) groups is 2. The predicted molar refractivity (Wildman–Crippen MR) is 107 cm³/mol. The molecule has 2 aromatic rings. The Morgan fingerprint density at radius 2 is 2.10 bits per heavy atom. The van der Waals surface area contributed by atoms with E-state index in [-0.39, 0.29) is 11.3 Å². The van der Waals surface area contributed by atoms with Crippen molar-refractivity contribution in [1.82, 2.24) is 14.8 Å². The molecule has 0 radical (unpaired) electrons. The first-order valence-electron chi connectivity index (χ1n) is 9.57. The van der Waals surface area contributed by atoms with Crippen LogP contribution in [-0.4, -0.2) is 65.4 Å². The van der Waals surface area contributed by atoms with Crippen molar-refractivity contribution >= 4 is 17.4 Å². The number of ether oxygens (including phenoxy) is 1. The minimum atomic E-state index is -0.722. The standard InChI is InChI=1S/C22H23N3O4/c1-24(2)10-11-25-19(16-5-3-4-9-23-16)18(21(27)22(25)28)20(26)15-6-7-17-14(13-15)8-12-29-17/h3-7,9,13,19,26H,8,10-12H2,1-2H3/b20-18-. The highest BCUT2D eigenvalue weighted by molar-refractivity contribution is 6.46. The van der Waals surface area contributed by atoms with E-state index in [1.54, 1.807) is 36.5 Å². The lowest BCUT2D eigenvalue weighted by molar-refractivity contribution is -0.140. The van der Waals surface area contributed by atoms with E-state index in [9.17, 15) is 14.7 Å². The molecule has 1 unspecified atom stereocenters. The van der Waals surface area contributed by atoms with Gasteiger partial charge >= 0.3 is 0 Å². The number of nitrogens with zero attached hydrogens (tertiary/aromatic N) is 3. The summed E-state index contributed by atoms with van der Waals surface area (Å²) < 4.78 is 5.52. The van der Waals surface area contributed by atoms with Crippen molar-refractivity contribution in [3.05, 3.63) is 65.0 Å². The maximum Gasteiger partial charge on any atom is 0.295 e. The summed E-state index contributed by atoms with van der Waals surface area (Å²) in [5, 5.41) is 11.1. The molecule has 1 fully saturated rings. The molecule has 0 spiro atoms. The summed E-state index contributed by atoms with van der Waals surface area (Å²) in [5.74, 6) is -0.697. The van der Waals surface area contributed by atoms with Gasteiger partial charge in [-0.1, -0.05) is 6.07 Å². The highest BCUT2D eigenvalue weighted by Gasteiger charge is 2.46. The van der Waals surface area contributed by atoms with E-state index < -0.39 is 17.7 Å². The third kappa shape index (κ3) is 3.49. The van der Waals surface area contributed by atoms with Crippen molar-refractivity contribution < 1.29 is 19.4 Å². The van der Waals surface area contributed by atoms with E-state index in [4.69, 9.17) is 4.74 Å². The fourth-order valence-electron chi connectivity index (χ4n) is 3.75. The summed E-state index contributed by atoms with van der Waals surface area (Å²) in [6, 6.07) is 9.94. The molecule has 1 N–H and O–H groups in total. The lowest BCUT2D eigenvalue weighted by Gasteiger charge is -2.25. The lowest BCUT2D eigenvalue weighted by atomic mass is 9.97. The number of rotatable bonds is 5.